The lowest BCUT2D eigenvalue weighted by molar-refractivity contribution is -0.276. The minimum atomic E-state index is -0.800. The Bertz CT molecular complexity index is 1380. The van der Waals surface area contributed by atoms with Gasteiger partial charge in [-0.25, -0.2) is 9.78 Å². The third kappa shape index (κ3) is 7.16. The van der Waals surface area contributed by atoms with Crippen LogP contribution in [-0.2, 0) is 14.2 Å². The highest BCUT2D eigenvalue weighted by atomic mass is 16.7. The monoisotopic (exact) mass is 682 g/mol. The SMILES string of the molecule is C=C[C@H](Oc1cc(N2CCN(C)CC2)nc(C(=O)[C@@H]2CCC[C@@]3(CCCCC34OCCO4)C2/C=N/O)n1)[C@@H]1CCCN1C(=O)OC(C)(C)C. The summed E-state index contributed by atoms with van der Waals surface area (Å²) in [7, 11) is 2.09. The van der Waals surface area contributed by atoms with Crippen molar-refractivity contribution in [3.63, 3.8) is 0 Å². The number of Topliss-reactive ketones (excluding diaryl/α,β-unsaturated/α-hetero) is 1. The first kappa shape index (κ1) is 35.5. The first-order valence-corrected chi connectivity index (χ1v) is 18.1. The zero-order valence-electron chi connectivity index (χ0n) is 29.6. The maximum atomic E-state index is 14.7. The van der Waals surface area contributed by atoms with Crippen LogP contribution in [0.25, 0.3) is 0 Å². The number of carbonyl (C=O) groups excluding carboxylic acids is 2. The Kier molecular flexibility index (Phi) is 10.5. The van der Waals surface area contributed by atoms with Gasteiger partial charge in [-0.1, -0.05) is 19.4 Å². The van der Waals surface area contributed by atoms with E-state index in [1.165, 1.54) is 6.21 Å². The number of aromatic nitrogens is 2. The minimum Gasteiger partial charge on any atom is -0.468 e. The summed E-state index contributed by atoms with van der Waals surface area (Å²) in [6.45, 7) is 14.4. The van der Waals surface area contributed by atoms with Gasteiger partial charge in [0.1, 0.15) is 17.5 Å². The van der Waals surface area contributed by atoms with Gasteiger partial charge >= 0.3 is 6.09 Å². The molecular weight excluding hydrogens is 628 g/mol. The molecule has 1 amide bonds. The van der Waals surface area contributed by atoms with Gasteiger partial charge in [0.15, 0.2) is 5.79 Å². The quantitative estimate of drug-likeness (QED) is 0.131. The number of fused-ring (bicyclic) bond motifs is 1. The van der Waals surface area contributed by atoms with Gasteiger partial charge in [-0.15, -0.1) is 5.16 Å². The summed E-state index contributed by atoms with van der Waals surface area (Å²) in [5.41, 5.74) is -1.12. The van der Waals surface area contributed by atoms with Crippen LogP contribution in [-0.4, -0.2) is 120 Å². The zero-order valence-corrected chi connectivity index (χ0v) is 29.6. The number of ketones is 1. The normalized spacial score (nSPS) is 29.8. The summed E-state index contributed by atoms with van der Waals surface area (Å²) >= 11 is 0. The number of hydrogen-bond acceptors (Lipinski definition) is 12. The Morgan fingerprint density at radius 1 is 1.04 bits per heavy atom. The predicted octanol–water partition coefficient (Wildman–Crippen LogP) is 4.92. The molecule has 3 saturated heterocycles. The lowest BCUT2D eigenvalue weighted by atomic mass is 9.53. The number of nitrogens with zero attached hydrogens (tertiary/aromatic N) is 6. The lowest BCUT2D eigenvalue weighted by Crippen LogP contribution is -2.60. The molecule has 2 spiro atoms. The van der Waals surface area contributed by atoms with Crippen molar-refractivity contribution in [2.24, 2.45) is 22.4 Å². The van der Waals surface area contributed by atoms with E-state index in [1.54, 1.807) is 17.0 Å². The molecule has 5 aliphatic rings. The number of likely N-dealkylation sites (N-methyl/N-ethyl adjacent to an activating group) is 1. The van der Waals surface area contributed by atoms with Crippen molar-refractivity contribution < 1.29 is 33.7 Å². The summed E-state index contributed by atoms with van der Waals surface area (Å²) in [5.74, 6) is -1.02. The van der Waals surface area contributed by atoms with Crippen LogP contribution in [0, 0.1) is 17.3 Å². The number of likely N-dealkylation sites (tertiary alicyclic amines) is 1. The number of anilines is 1. The van der Waals surface area contributed by atoms with Gasteiger partial charge in [-0.05, 0) is 72.4 Å². The number of hydrogen-bond donors (Lipinski definition) is 1. The van der Waals surface area contributed by atoms with E-state index < -0.39 is 34.7 Å². The summed E-state index contributed by atoms with van der Waals surface area (Å²) in [6, 6.07) is 1.49. The van der Waals surface area contributed by atoms with Gasteiger partial charge in [0.2, 0.25) is 17.5 Å². The fourth-order valence-electron chi connectivity index (χ4n) is 8.89. The molecule has 49 heavy (non-hydrogen) atoms. The first-order chi connectivity index (χ1) is 23.5. The van der Waals surface area contributed by atoms with Gasteiger partial charge in [-0.2, -0.15) is 4.98 Å². The molecule has 270 valence electrons. The molecule has 1 aromatic heterocycles. The van der Waals surface area contributed by atoms with Gasteiger partial charge < -0.3 is 38.9 Å². The van der Waals surface area contributed by atoms with Gasteiger partial charge in [0, 0.05) is 68.7 Å². The van der Waals surface area contributed by atoms with E-state index in [9.17, 15) is 14.8 Å². The third-order valence-electron chi connectivity index (χ3n) is 11.2. The lowest BCUT2D eigenvalue weighted by Gasteiger charge is -2.56. The van der Waals surface area contributed by atoms with Crippen LogP contribution in [0.15, 0.2) is 23.9 Å². The fraction of sp³-hybridized carbons (Fsp3) is 0.750. The van der Waals surface area contributed by atoms with Crippen molar-refractivity contribution in [1.29, 1.82) is 0 Å². The molecule has 3 aliphatic heterocycles. The fourth-order valence-corrected chi connectivity index (χ4v) is 8.89. The van der Waals surface area contributed by atoms with Crippen LogP contribution in [0.1, 0.15) is 89.2 Å². The summed E-state index contributed by atoms with van der Waals surface area (Å²) < 4.78 is 25.0. The molecule has 4 heterocycles. The van der Waals surface area contributed by atoms with Crippen LogP contribution >= 0.6 is 0 Å². The van der Waals surface area contributed by atoms with E-state index in [-0.39, 0.29) is 29.6 Å². The summed E-state index contributed by atoms with van der Waals surface area (Å²) in [5, 5.41) is 13.5. The average Bonchev–Trinajstić information content (AvgIpc) is 3.76. The second kappa shape index (κ2) is 14.5. The van der Waals surface area contributed by atoms with Crippen LogP contribution in [0.5, 0.6) is 5.88 Å². The Hall–Kier alpha value is -3.29. The largest absolute Gasteiger partial charge is 0.468 e. The molecule has 13 heteroatoms. The van der Waals surface area contributed by atoms with Crippen molar-refractivity contribution in [3.05, 3.63) is 24.5 Å². The molecule has 1 N–H and O–H groups in total. The number of rotatable bonds is 8. The molecule has 5 fully saturated rings. The molecule has 0 bridgehead atoms. The number of ether oxygens (including phenoxy) is 4. The number of amides is 1. The molecule has 6 rings (SSSR count). The predicted molar refractivity (Wildman–Crippen MR) is 183 cm³/mol. The topological polar surface area (TPSA) is 139 Å². The van der Waals surface area contributed by atoms with E-state index in [2.05, 4.69) is 28.6 Å². The number of carbonyl (C=O) groups is 2. The maximum Gasteiger partial charge on any atom is 0.410 e. The highest BCUT2D eigenvalue weighted by Crippen LogP contribution is 2.60. The zero-order chi connectivity index (χ0) is 34.8. The van der Waals surface area contributed by atoms with Crippen LogP contribution < -0.4 is 9.64 Å². The van der Waals surface area contributed by atoms with Crippen LogP contribution in [0.3, 0.4) is 0 Å². The van der Waals surface area contributed by atoms with Crippen LogP contribution in [0.4, 0.5) is 10.6 Å². The van der Waals surface area contributed by atoms with Gasteiger partial charge in [0.05, 0.1) is 19.3 Å². The molecule has 0 aromatic carbocycles. The summed E-state index contributed by atoms with van der Waals surface area (Å²) in [6.07, 6.45) is 9.55. The minimum absolute atomic E-state index is 0.0705. The molecule has 13 nitrogen and oxygen atoms in total. The number of piperazine rings is 1. The smallest absolute Gasteiger partial charge is 0.410 e. The van der Waals surface area contributed by atoms with Gasteiger partial charge in [-0.3, -0.25) is 4.79 Å². The Morgan fingerprint density at radius 3 is 2.45 bits per heavy atom. The van der Waals surface area contributed by atoms with Crippen molar-refractivity contribution in [2.75, 3.05) is 57.9 Å². The molecule has 2 aliphatic carbocycles. The van der Waals surface area contributed by atoms with Crippen molar-refractivity contribution in [3.8, 4) is 5.88 Å². The highest BCUT2D eigenvalue weighted by molar-refractivity contribution is 5.97. The standard InChI is InChI=1S/C36H54N6O7/c1-6-28(27-12-10-16-42(27)33(44)49-34(2,3)4)48-30-23-29(41-19-17-40(5)18-20-41)38-32(39-30)31(43)25-11-9-14-35(26(25)24-37-45)13-7-8-15-36(35)46-21-22-47-36/h6,23-28,45H,1,7-22H2,2-5H3/b37-24+/t25-,26?,27+,28+,35+/m1/s1. The molecule has 1 aromatic rings. The Labute approximate surface area is 290 Å². The van der Waals surface area contributed by atoms with E-state index in [1.807, 2.05) is 20.8 Å². The second-order valence-electron chi connectivity index (χ2n) is 15.3. The van der Waals surface area contributed by atoms with Gasteiger partial charge in [0.25, 0.3) is 0 Å². The maximum absolute atomic E-state index is 14.7. The Balaban J connectivity index is 1.33. The van der Waals surface area contributed by atoms with Crippen molar-refractivity contribution in [1.82, 2.24) is 19.8 Å². The van der Waals surface area contributed by atoms with E-state index >= 15 is 0 Å². The highest BCUT2D eigenvalue weighted by Gasteiger charge is 2.63. The van der Waals surface area contributed by atoms with E-state index in [4.69, 9.17) is 28.9 Å². The second-order valence-corrected chi connectivity index (χ2v) is 15.3. The average molecular weight is 683 g/mol. The first-order valence-electron chi connectivity index (χ1n) is 18.1. The summed E-state index contributed by atoms with van der Waals surface area (Å²) in [4.78, 5) is 43.6. The molecule has 5 atom stereocenters. The molecular formula is C36H54N6O7. The third-order valence-corrected chi connectivity index (χ3v) is 11.2. The molecule has 1 unspecified atom stereocenters. The van der Waals surface area contributed by atoms with E-state index in [0.717, 1.165) is 77.5 Å². The molecule has 2 saturated carbocycles. The van der Waals surface area contributed by atoms with E-state index in [0.29, 0.717) is 32.0 Å². The van der Waals surface area contributed by atoms with Crippen LogP contribution in [0.2, 0.25) is 0 Å². The van der Waals surface area contributed by atoms with Crippen molar-refractivity contribution >= 4 is 23.9 Å². The van der Waals surface area contributed by atoms with Crippen molar-refractivity contribution in [2.45, 2.75) is 102 Å². The molecule has 0 radical (unpaired) electrons. The Morgan fingerprint density at radius 2 is 1.76 bits per heavy atom. The number of oxime groups is 1.